The summed E-state index contributed by atoms with van der Waals surface area (Å²) in [6, 6.07) is 16.8. The summed E-state index contributed by atoms with van der Waals surface area (Å²) in [6.07, 6.45) is 1.68. The van der Waals surface area contributed by atoms with E-state index in [1.807, 2.05) is 61.5 Å². The maximum absolute atomic E-state index is 13.2. The summed E-state index contributed by atoms with van der Waals surface area (Å²) in [5.74, 6) is -0.488. The second-order valence-electron chi connectivity index (χ2n) is 7.41. The highest BCUT2D eigenvalue weighted by Crippen LogP contribution is 2.36. The van der Waals surface area contributed by atoms with Gasteiger partial charge in [-0.3, -0.25) is 19.1 Å². The molecule has 1 aromatic heterocycles. The Morgan fingerprint density at radius 3 is 2.19 bits per heavy atom. The molecule has 31 heavy (non-hydrogen) atoms. The predicted molar refractivity (Wildman–Crippen MR) is 125 cm³/mol. The van der Waals surface area contributed by atoms with Crippen LogP contribution >= 0.6 is 11.8 Å². The summed E-state index contributed by atoms with van der Waals surface area (Å²) >= 11 is 0.841. The molecular weight excluding hydrogens is 412 g/mol. The van der Waals surface area contributed by atoms with Crippen molar-refractivity contribution in [2.24, 2.45) is 7.05 Å². The van der Waals surface area contributed by atoms with Gasteiger partial charge in [0.2, 0.25) is 0 Å². The van der Waals surface area contributed by atoms with Crippen molar-refractivity contribution in [3.05, 3.63) is 81.1 Å². The first-order valence-corrected chi connectivity index (χ1v) is 10.5. The van der Waals surface area contributed by atoms with Gasteiger partial charge in [0.1, 0.15) is 5.69 Å². The van der Waals surface area contributed by atoms with E-state index in [2.05, 4.69) is 0 Å². The summed E-state index contributed by atoms with van der Waals surface area (Å²) in [6.45, 7) is 1.73. The van der Waals surface area contributed by atoms with Crippen LogP contribution in [0.4, 0.5) is 16.2 Å². The van der Waals surface area contributed by atoms with Crippen LogP contribution in [0.1, 0.15) is 11.3 Å². The van der Waals surface area contributed by atoms with Gasteiger partial charge in [0, 0.05) is 26.8 Å². The van der Waals surface area contributed by atoms with Gasteiger partial charge in [-0.05, 0) is 54.6 Å². The molecule has 0 unspecified atom stereocenters. The lowest BCUT2D eigenvalue weighted by molar-refractivity contribution is -0.113. The number of rotatable bonds is 4. The molecule has 0 atom stereocenters. The molecule has 1 fully saturated rings. The van der Waals surface area contributed by atoms with Crippen molar-refractivity contribution in [1.29, 1.82) is 0 Å². The molecule has 0 saturated carbocycles. The number of hydrogen-bond donors (Lipinski definition) is 0. The standard InChI is InChI=1S/C23H22N4O3S/c1-15-20(22(29)27(25(15)4)18-8-6-5-7-9-18)26-21(28)19(31-23(26)30)14-16-10-12-17(13-11-16)24(2)3/h5-14H,1-4H3. The molecule has 2 aromatic carbocycles. The second-order valence-corrected chi connectivity index (χ2v) is 8.41. The number of carbonyl (C=O) groups excluding carboxylic acids is 2. The Hall–Kier alpha value is -3.52. The Morgan fingerprint density at radius 1 is 0.935 bits per heavy atom. The molecule has 0 spiro atoms. The lowest BCUT2D eigenvalue weighted by Crippen LogP contribution is -2.33. The number of para-hydroxylation sites is 1. The topological polar surface area (TPSA) is 67.6 Å². The van der Waals surface area contributed by atoms with Crippen LogP contribution in [0.15, 0.2) is 64.3 Å². The smallest absolute Gasteiger partial charge is 0.298 e. The molecule has 1 aliphatic heterocycles. The molecule has 7 nitrogen and oxygen atoms in total. The largest absolute Gasteiger partial charge is 0.378 e. The maximum atomic E-state index is 13.2. The van der Waals surface area contributed by atoms with Gasteiger partial charge in [-0.2, -0.15) is 0 Å². The highest BCUT2D eigenvalue weighted by Gasteiger charge is 2.40. The maximum Gasteiger partial charge on any atom is 0.298 e. The van der Waals surface area contributed by atoms with E-state index < -0.39 is 16.7 Å². The molecule has 0 bridgehead atoms. The molecule has 0 N–H and O–H groups in total. The third-order valence-electron chi connectivity index (χ3n) is 5.25. The first kappa shape index (κ1) is 20.7. The van der Waals surface area contributed by atoms with Gasteiger partial charge in [-0.25, -0.2) is 9.58 Å². The molecule has 3 aromatic rings. The Labute approximate surface area is 184 Å². The average molecular weight is 435 g/mol. The number of anilines is 2. The van der Waals surface area contributed by atoms with Crippen molar-refractivity contribution < 1.29 is 9.59 Å². The summed E-state index contributed by atoms with van der Waals surface area (Å²) in [7, 11) is 5.63. The van der Waals surface area contributed by atoms with Gasteiger partial charge < -0.3 is 4.90 Å². The SMILES string of the molecule is Cc1c(N2C(=O)SC(=Cc3ccc(N(C)C)cc3)C2=O)c(=O)n(-c2ccccc2)n1C. The van der Waals surface area contributed by atoms with Crippen LogP contribution in [0.3, 0.4) is 0 Å². The molecule has 2 amide bonds. The monoisotopic (exact) mass is 434 g/mol. The predicted octanol–water partition coefficient (Wildman–Crippen LogP) is 3.79. The van der Waals surface area contributed by atoms with Gasteiger partial charge in [-0.1, -0.05) is 30.3 Å². The molecule has 1 saturated heterocycles. The van der Waals surface area contributed by atoms with E-state index in [4.69, 9.17) is 0 Å². The molecular formula is C23H22N4O3S. The fraction of sp³-hybridized carbons (Fsp3) is 0.174. The minimum atomic E-state index is -0.488. The van der Waals surface area contributed by atoms with Crippen LogP contribution in [0, 0.1) is 6.92 Å². The quantitative estimate of drug-likeness (QED) is 0.585. The van der Waals surface area contributed by atoms with Crippen molar-refractivity contribution in [3.63, 3.8) is 0 Å². The number of benzene rings is 2. The summed E-state index contributed by atoms with van der Waals surface area (Å²) in [5.41, 5.74) is 2.71. The Kier molecular flexibility index (Phi) is 5.32. The third-order valence-corrected chi connectivity index (χ3v) is 6.12. The number of amides is 2. The van der Waals surface area contributed by atoms with E-state index in [1.54, 1.807) is 36.9 Å². The summed E-state index contributed by atoms with van der Waals surface area (Å²) < 4.78 is 3.11. The zero-order chi connectivity index (χ0) is 22.3. The van der Waals surface area contributed by atoms with E-state index in [-0.39, 0.29) is 10.6 Å². The number of carbonyl (C=O) groups is 2. The van der Waals surface area contributed by atoms with E-state index in [9.17, 15) is 14.4 Å². The van der Waals surface area contributed by atoms with Crippen LogP contribution in [0.5, 0.6) is 0 Å². The molecule has 0 radical (unpaired) electrons. The van der Waals surface area contributed by atoms with Gasteiger partial charge in [0.25, 0.3) is 16.7 Å². The number of thioether (sulfide) groups is 1. The average Bonchev–Trinajstić information content (AvgIpc) is 3.14. The van der Waals surface area contributed by atoms with E-state index in [1.165, 1.54) is 4.68 Å². The minimum Gasteiger partial charge on any atom is -0.378 e. The van der Waals surface area contributed by atoms with Gasteiger partial charge in [0.05, 0.1) is 16.3 Å². The van der Waals surface area contributed by atoms with Crippen molar-refractivity contribution in [2.75, 3.05) is 23.9 Å². The molecule has 158 valence electrons. The first-order valence-electron chi connectivity index (χ1n) is 9.69. The number of aromatic nitrogens is 2. The van der Waals surface area contributed by atoms with Crippen LogP contribution in [0.25, 0.3) is 11.8 Å². The van der Waals surface area contributed by atoms with Crippen LogP contribution in [-0.2, 0) is 11.8 Å². The number of hydrogen-bond acceptors (Lipinski definition) is 5. The molecule has 4 rings (SSSR count). The van der Waals surface area contributed by atoms with Gasteiger partial charge in [0.15, 0.2) is 0 Å². The second kappa shape index (κ2) is 7.96. The van der Waals surface area contributed by atoms with E-state index >= 15 is 0 Å². The van der Waals surface area contributed by atoms with E-state index in [0.717, 1.165) is 27.9 Å². The number of nitrogens with zero attached hydrogens (tertiary/aromatic N) is 4. The molecule has 2 heterocycles. The van der Waals surface area contributed by atoms with Crippen LogP contribution in [-0.4, -0.2) is 34.6 Å². The lowest BCUT2D eigenvalue weighted by atomic mass is 10.2. The highest BCUT2D eigenvalue weighted by molar-refractivity contribution is 8.19. The molecule has 8 heteroatoms. The van der Waals surface area contributed by atoms with E-state index in [0.29, 0.717) is 11.4 Å². The van der Waals surface area contributed by atoms with Crippen molar-refractivity contribution in [1.82, 2.24) is 9.36 Å². The van der Waals surface area contributed by atoms with Crippen molar-refractivity contribution in [3.8, 4) is 5.69 Å². The Morgan fingerprint density at radius 2 is 1.58 bits per heavy atom. The first-order chi connectivity index (χ1) is 14.8. The lowest BCUT2D eigenvalue weighted by Gasteiger charge is -2.12. The normalized spacial score (nSPS) is 15.2. The van der Waals surface area contributed by atoms with Crippen LogP contribution in [0.2, 0.25) is 0 Å². The van der Waals surface area contributed by atoms with Gasteiger partial charge in [-0.15, -0.1) is 0 Å². The molecule has 0 aliphatic carbocycles. The fourth-order valence-corrected chi connectivity index (χ4v) is 4.32. The third kappa shape index (κ3) is 3.59. The van der Waals surface area contributed by atoms with Gasteiger partial charge >= 0.3 is 0 Å². The summed E-state index contributed by atoms with van der Waals surface area (Å²) in [4.78, 5) is 42.3. The fourth-order valence-electron chi connectivity index (χ4n) is 3.49. The Bertz CT molecular complexity index is 1250. The minimum absolute atomic E-state index is 0.0835. The zero-order valence-corrected chi connectivity index (χ0v) is 18.5. The molecule has 1 aliphatic rings. The zero-order valence-electron chi connectivity index (χ0n) is 17.7. The highest BCUT2D eigenvalue weighted by atomic mass is 32.2. The summed E-state index contributed by atoms with van der Waals surface area (Å²) in [5, 5.41) is -0.479. The van der Waals surface area contributed by atoms with Crippen molar-refractivity contribution in [2.45, 2.75) is 6.92 Å². The van der Waals surface area contributed by atoms with Crippen molar-refractivity contribution >= 4 is 40.4 Å². The Balaban J connectivity index is 1.73. The number of imide groups is 1. The van der Waals surface area contributed by atoms with Crippen LogP contribution < -0.4 is 15.4 Å².